The summed E-state index contributed by atoms with van der Waals surface area (Å²) in [5.41, 5.74) is 0.932. The number of pyridine rings is 1. The van der Waals surface area contributed by atoms with Gasteiger partial charge in [-0.15, -0.1) is 11.3 Å². The van der Waals surface area contributed by atoms with Crippen molar-refractivity contribution in [3.63, 3.8) is 0 Å². The second-order valence-electron chi connectivity index (χ2n) is 5.34. The Labute approximate surface area is 146 Å². The van der Waals surface area contributed by atoms with E-state index in [1.54, 1.807) is 26.2 Å². The Hall–Kier alpha value is -3.00. The van der Waals surface area contributed by atoms with Gasteiger partial charge in [0.15, 0.2) is 11.6 Å². The van der Waals surface area contributed by atoms with Crippen LogP contribution in [0.5, 0.6) is 11.5 Å². The van der Waals surface area contributed by atoms with Gasteiger partial charge in [0.1, 0.15) is 5.75 Å². The van der Waals surface area contributed by atoms with E-state index in [9.17, 15) is 14.0 Å². The molecule has 0 saturated carbocycles. The molecule has 3 rings (SSSR count). The van der Waals surface area contributed by atoms with Crippen LogP contribution in [0.4, 0.5) is 10.1 Å². The van der Waals surface area contributed by atoms with Gasteiger partial charge in [0, 0.05) is 38.1 Å². The number of ether oxygens (including phenoxy) is 1. The van der Waals surface area contributed by atoms with Crippen molar-refractivity contribution < 1.29 is 18.7 Å². The first kappa shape index (κ1) is 16.8. The second-order valence-corrected chi connectivity index (χ2v) is 6.40. The van der Waals surface area contributed by atoms with E-state index in [1.165, 1.54) is 34.6 Å². The third-order valence-corrected chi connectivity index (χ3v) is 4.50. The molecule has 25 heavy (non-hydrogen) atoms. The summed E-state index contributed by atoms with van der Waals surface area (Å²) in [7, 11) is 3.34. The Morgan fingerprint density at radius 2 is 2.08 bits per heavy atom. The molecule has 6 nitrogen and oxygen atoms in total. The van der Waals surface area contributed by atoms with E-state index in [0.717, 1.165) is 6.07 Å². The lowest BCUT2D eigenvalue weighted by atomic mass is 10.3. The Morgan fingerprint density at radius 1 is 1.28 bits per heavy atom. The minimum atomic E-state index is -0.613. The summed E-state index contributed by atoms with van der Waals surface area (Å²) >= 11 is 1.24. The molecule has 2 aromatic heterocycles. The Bertz CT molecular complexity index is 955. The molecule has 0 fully saturated rings. The molecule has 2 heterocycles. The highest BCUT2D eigenvalue weighted by molar-refractivity contribution is 7.21. The van der Waals surface area contributed by atoms with Crippen LogP contribution >= 0.6 is 11.3 Å². The number of fused-ring (bicyclic) bond motifs is 1. The molecule has 128 valence electrons. The van der Waals surface area contributed by atoms with Crippen LogP contribution in [0.3, 0.4) is 0 Å². The first-order valence-electron chi connectivity index (χ1n) is 7.27. The van der Waals surface area contributed by atoms with Crippen LogP contribution in [0.15, 0.2) is 36.5 Å². The summed E-state index contributed by atoms with van der Waals surface area (Å²) in [6.07, 6.45) is 2.01. The van der Waals surface area contributed by atoms with E-state index in [1.807, 2.05) is 0 Å². The number of aromatic nitrogens is 1. The molecular formula is C17H14FN3O3S. The van der Waals surface area contributed by atoms with Crippen LogP contribution in [0.2, 0.25) is 0 Å². The molecule has 1 aromatic carbocycles. The summed E-state index contributed by atoms with van der Waals surface area (Å²) in [5, 5.41) is 2.37. The Morgan fingerprint density at radius 3 is 2.76 bits per heavy atom. The van der Waals surface area contributed by atoms with E-state index in [0.29, 0.717) is 32.9 Å². The van der Waals surface area contributed by atoms with E-state index < -0.39 is 5.82 Å². The molecule has 0 radical (unpaired) electrons. The van der Waals surface area contributed by atoms with Crippen molar-refractivity contribution in [2.24, 2.45) is 0 Å². The number of amides is 2. The molecule has 0 saturated heterocycles. The average Bonchev–Trinajstić information content (AvgIpc) is 3.02. The van der Waals surface area contributed by atoms with Crippen molar-refractivity contribution in [1.29, 1.82) is 0 Å². The lowest BCUT2D eigenvalue weighted by Gasteiger charge is -2.09. The van der Waals surface area contributed by atoms with Crippen molar-refractivity contribution >= 4 is 39.6 Å². The molecule has 0 unspecified atom stereocenters. The molecule has 0 aliphatic carbocycles. The van der Waals surface area contributed by atoms with Gasteiger partial charge in [0.05, 0.1) is 15.1 Å². The number of halogens is 1. The smallest absolute Gasteiger partial charge is 0.263 e. The molecular weight excluding hydrogens is 345 g/mol. The predicted octanol–water partition coefficient (Wildman–Crippen LogP) is 3.50. The summed E-state index contributed by atoms with van der Waals surface area (Å²) < 4.78 is 20.5. The Balaban J connectivity index is 1.96. The molecule has 0 bridgehead atoms. The third kappa shape index (κ3) is 3.43. The maximum Gasteiger partial charge on any atom is 0.263 e. The maximum atomic E-state index is 14.1. The first-order valence-corrected chi connectivity index (χ1v) is 8.09. The number of hydrogen-bond acceptors (Lipinski definition) is 5. The number of anilines is 1. The number of benzene rings is 1. The fourth-order valence-corrected chi connectivity index (χ4v) is 3.27. The zero-order chi connectivity index (χ0) is 18.0. The van der Waals surface area contributed by atoms with E-state index in [-0.39, 0.29) is 11.7 Å². The van der Waals surface area contributed by atoms with Crippen molar-refractivity contribution in [2.45, 2.75) is 0 Å². The monoisotopic (exact) mass is 359 g/mol. The number of hydrogen-bond donors (Lipinski definition) is 1. The topological polar surface area (TPSA) is 71.5 Å². The largest absolute Gasteiger partial charge is 0.453 e. The van der Waals surface area contributed by atoms with Gasteiger partial charge >= 0.3 is 0 Å². The number of carbonyl (C=O) groups excluding carboxylic acids is 2. The SMILES string of the molecule is CN(C)C(=O)c1cc2nccc(Oc3ccc(NC=O)cc3F)c2s1. The van der Waals surface area contributed by atoms with E-state index in [2.05, 4.69) is 10.3 Å². The van der Waals surface area contributed by atoms with Crippen LogP contribution in [0.1, 0.15) is 9.67 Å². The molecule has 8 heteroatoms. The minimum Gasteiger partial charge on any atom is -0.453 e. The lowest BCUT2D eigenvalue weighted by Crippen LogP contribution is -2.20. The van der Waals surface area contributed by atoms with E-state index >= 15 is 0 Å². The zero-order valence-corrected chi connectivity index (χ0v) is 14.3. The van der Waals surface area contributed by atoms with Gasteiger partial charge in [-0.25, -0.2) is 4.39 Å². The number of carbonyl (C=O) groups is 2. The van der Waals surface area contributed by atoms with Crippen molar-refractivity contribution in [3.05, 3.63) is 47.2 Å². The zero-order valence-electron chi connectivity index (χ0n) is 13.4. The number of rotatable bonds is 5. The summed E-state index contributed by atoms with van der Waals surface area (Å²) in [6, 6.07) is 7.41. The van der Waals surface area contributed by atoms with Crippen molar-refractivity contribution in [2.75, 3.05) is 19.4 Å². The molecule has 0 atom stereocenters. The normalized spacial score (nSPS) is 10.5. The van der Waals surface area contributed by atoms with E-state index in [4.69, 9.17) is 4.74 Å². The van der Waals surface area contributed by atoms with Crippen LogP contribution in [0.25, 0.3) is 10.2 Å². The molecule has 0 aliphatic rings. The fraction of sp³-hybridized carbons (Fsp3) is 0.118. The molecule has 2 amide bonds. The van der Waals surface area contributed by atoms with Gasteiger partial charge in [-0.3, -0.25) is 14.6 Å². The van der Waals surface area contributed by atoms with Crippen LogP contribution < -0.4 is 10.1 Å². The van der Waals surface area contributed by atoms with Gasteiger partial charge in [0.25, 0.3) is 5.91 Å². The molecule has 3 aromatic rings. The van der Waals surface area contributed by atoms with Crippen molar-refractivity contribution in [3.8, 4) is 11.5 Å². The van der Waals surface area contributed by atoms with Crippen LogP contribution in [-0.2, 0) is 4.79 Å². The average molecular weight is 359 g/mol. The number of thiophene rings is 1. The third-order valence-electron chi connectivity index (χ3n) is 3.37. The van der Waals surface area contributed by atoms with Gasteiger partial charge in [-0.2, -0.15) is 0 Å². The number of nitrogens with zero attached hydrogens (tertiary/aromatic N) is 2. The second kappa shape index (κ2) is 6.86. The Kier molecular flexibility index (Phi) is 4.62. The highest BCUT2D eigenvalue weighted by Crippen LogP contribution is 2.36. The maximum absolute atomic E-state index is 14.1. The predicted molar refractivity (Wildman–Crippen MR) is 93.8 cm³/mol. The van der Waals surface area contributed by atoms with Gasteiger partial charge in [0.2, 0.25) is 6.41 Å². The lowest BCUT2D eigenvalue weighted by molar-refractivity contribution is -0.105. The summed E-state index contributed by atoms with van der Waals surface area (Å²) in [6.45, 7) is 0. The fourth-order valence-electron chi connectivity index (χ4n) is 2.18. The summed E-state index contributed by atoms with van der Waals surface area (Å²) in [4.78, 5) is 28.7. The molecule has 1 N–H and O–H groups in total. The van der Waals surface area contributed by atoms with Crippen LogP contribution in [-0.4, -0.2) is 36.3 Å². The highest BCUT2D eigenvalue weighted by atomic mass is 32.1. The summed E-state index contributed by atoms with van der Waals surface area (Å²) in [5.74, 6) is -0.331. The highest BCUT2D eigenvalue weighted by Gasteiger charge is 2.16. The standard InChI is InChI=1S/C17H14FN3O3S/c1-21(2)17(23)15-8-12-16(25-15)14(5-6-19-12)24-13-4-3-10(20-9-22)7-11(13)18/h3-9H,1-2H3,(H,20,22). The van der Waals surface area contributed by atoms with Gasteiger partial charge in [-0.1, -0.05) is 0 Å². The quantitative estimate of drug-likeness (QED) is 0.708. The first-order chi connectivity index (χ1) is 12.0. The molecule has 0 aliphatic heterocycles. The minimum absolute atomic E-state index is 0.0119. The number of nitrogens with one attached hydrogen (secondary N) is 1. The van der Waals surface area contributed by atoms with Crippen molar-refractivity contribution in [1.82, 2.24) is 9.88 Å². The van der Waals surface area contributed by atoms with Gasteiger partial charge in [-0.05, 0) is 18.2 Å². The van der Waals surface area contributed by atoms with Crippen LogP contribution in [0, 0.1) is 5.82 Å². The van der Waals surface area contributed by atoms with Gasteiger partial charge < -0.3 is 15.0 Å². The molecule has 0 spiro atoms.